The zero-order valence-corrected chi connectivity index (χ0v) is 5.87. The molecule has 0 aromatic rings. The zero-order chi connectivity index (χ0) is 9.14. The summed E-state index contributed by atoms with van der Waals surface area (Å²) < 4.78 is 24.2. The van der Waals surface area contributed by atoms with Crippen molar-refractivity contribution in [2.45, 2.75) is 6.43 Å². The van der Waals surface area contributed by atoms with Gasteiger partial charge in [-0.05, 0) is 0 Å². The molecule has 0 bridgehead atoms. The van der Waals surface area contributed by atoms with Gasteiger partial charge in [0.2, 0.25) is 0 Å². The van der Waals surface area contributed by atoms with E-state index in [0.717, 1.165) is 12.4 Å². The molecule has 0 unspecified atom stereocenters. The summed E-state index contributed by atoms with van der Waals surface area (Å²) in [5.74, 6) is 0. The lowest BCUT2D eigenvalue weighted by Gasteiger charge is -2.20. The molecule has 0 saturated heterocycles. The van der Waals surface area contributed by atoms with Gasteiger partial charge in [0.1, 0.15) is 5.70 Å². The van der Waals surface area contributed by atoms with E-state index in [-0.39, 0.29) is 0 Å². The van der Waals surface area contributed by atoms with E-state index in [9.17, 15) is 13.6 Å². The number of nitrogens with zero attached hydrogens (tertiary/aromatic N) is 1. The van der Waals surface area contributed by atoms with E-state index in [0.29, 0.717) is 4.90 Å². The summed E-state index contributed by atoms with van der Waals surface area (Å²) >= 11 is 0. The van der Waals surface area contributed by atoms with Crippen LogP contribution in [0.5, 0.6) is 0 Å². The lowest BCUT2D eigenvalue weighted by molar-refractivity contribution is 0.131. The molecule has 6 heteroatoms. The van der Waals surface area contributed by atoms with E-state index in [1.807, 2.05) is 0 Å². The Morgan fingerprint density at radius 3 is 2.75 bits per heavy atom. The number of carbonyl (C=O) groups is 1. The molecule has 1 rings (SSSR count). The number of nitrogens with one attached hydrogen (secondary N) is 1. The van der Waals surface area contributed by atoms with Crippen LogP contribution in [0, 0.1) is 0 Å². The van der Waals surface area contributed by atoms with Crippen LogP contribution in [0.1, 0.15) is 0 Å². The van der Waals surface area contributed by atoms with Crippen LogP contribution in [0.25, 0.3) is 0 Å². The zero-order valence-electron chi connectivity index (χ0n) is 5.87. The lowest BCUT2D eigenvalue weighted by atomic mass is 10.4. The van der Waals surface area contributed by atoms with Crippen molar-refractivity contribution in [3.63, 3.8) is 0 Å². The molecule has 2 N–H and O–H groups in total. The molecule has 0 radical (unpaired) electrons. The first-order chi connectivity index (χ1) is 5.63. The molecule has 0 spiro atoms. The van der Waals surface area contributed by atoms with Crippen LogP contribution in [0.3, 0.4) is 0 Å². The molecule has 0 saturated carbocycles. The number of hydrogen-bond acceptors (Lipinski definition) is 2. The summed E-state index contributed by atoms with van der Waals surface area (Å²) in [5.41, 5.74) is -0.579. The van der Waals surface area contributed by atoms with Crippen LogP contribution in [0.2, 0.25) is 0 Å². The first-order valence-electron chi connectivity index (χ1n) is 3.06. The molecule has 1 heterocycles. The third kappa shape index (κ3) is 1.52. The second kappa shape index (κ2) is 3.21. The predicted molar refractivity (Wildman–Crippen MR) is 36.2 cm³/mol. The first-order valence-corrected chi connectivity index (χ1v) is 3.06. The number of rotatable bonds is 1. The van der Waals surface area contributed by atoms with Gasteiger partial charge in [0.25, 0.3) is 6.43 Å². The summed E-state index contributed by atoms with van der Waals surface area (Å²) in [5, 5.41) is 10.8. The Hall–Kier alpha value is -1.59. The third-order valence-electron chi connectivity index (χ3n) is 1.26. The molecule has 1 aliphatic rings. The highest BCUT2D eigenvalue weighted by Crippen LogP contribution is 2.16. The standard InChI is InChI=1S/C6H6F2N2O2/c7-5(8)4-3-9-1-2-10(4)6(11)12/h1-3,5,9H,(H,11,12). The molecule has 0 fully saturated rings. The predicted octanol–water partition coefficient (Wildman–Crippen LogP) is 1.15. The average molecular weight is 176 g/mol. The maximum atomic E-state index is 12.1. The Labute approximate surface area is 66.8 Å². The van der Waals surface area contributed by atoms with Crippen LogP contribution < -0.4 is 5.32 Å². The Morgan fingerprint density at radius 1 is 1.67 bits per heavy atom. The van der Waals surface area contributed by atoms with Gasteiger partial charge >= 0.3 is 6.09 Å². The van der Waals surface area contributed by atoms with E-state index in [1.54, 1.807) is 0 Å². The Kier molecular flexibility index (Phi) is 2.27. The SMILES string of the molecule is O=C(O)N1C=CNC=C1C(F)F. The van der Waals surface area contributed by atoms with Crippen LogP contribution in [-0.4, -0.2) is 22.5 Å². The van der Waals surface area contributed by atoms with Gasteiger partial charge in [0.05, 0.1) is 0 Å². The van der Waals surface area contributed by atoms with Gasteiger partial charge in [-0.15, -0.1) is 0 Å². The second-order valence-corrected chi connectivity index (χ2v) is 2.00. The van der Waals surface area contributed by atoms with Gasteiger partial charge in [0, 0.05) is 18.6 Å². The minimum atomic E-state index is -2.81. The molecule has 0 aliphatic carbocycles. The molecular weight excluding hydrogens is 170 g/mol. The van der Waals surface area contributed by atoms with E-state index in [1.165, 1.54) is 6.20 Å². The molecule has 12 heavy (non-hydrogen) atoms. The minimum Gasteiger partial charge on any atom is -0.464 e. The Balaban J connectivity index is 2.83. The lowest BCUT2D eigenvalue weighted by Crippen LogP contribution is -2.30. The first kappa shape index (κ1) is 8.51. The van der Waals surface area contributed by atoms with Crippen molar-refractivity contribution in [2.75, 3.05) is 0 Å². The van der Waals surface area contributed by atoms with Gasteiger partial charge in [0.15, 0.2) is 0 Å². The van der Waals surface area contributed by atoms with Gasteiger partial charge in [-0.25, -0.2) is 18.5 Å². The van der Waals surface area contributed by atoms with Gasteiger partial charge < -0.3 is 10.4 Å². The van der Waals surface area contributed by atoms with E-state index in [2.05, 4.69) is 5.32 Å². The average Bonchev–Trinajstić information content (AvgIpc) is 2.04. The van der Waals surface area contributed by atoms with Crippen molar-refractivity contribution in [1.29, 1.82) is 0 Å². The topological polar surface area (TPSA) is 52.6 Å². The number of alkyl halides is 2. The molecule has 4 nitrogen and oxygen atoms in total. The quantitative estimate of drug-likeness (QED) is 0.630. The highest BCUT2D eigenvalue weighted by Gasteiger charge is 2.23. The summed E-state index contributed by atoms with van der Waals surface area (Å²) in [4.78, 5) is 10.8. The molecule has 66 valence electrons. The normalized spacial score (nSPS) is 15.9. The number of amides is 1. The van der Waals surface area contributed by atoms with Crippen molar-refractivity contribution < 1.29 is 18.7 Å². The maximum Gasteiger partial charge on any atom is 0.416 e. The summed E-state index contributed by atoms with van der Waals surface area (Å²) in [7, 11) is 0. The van der Waals surface area contributed by atoms with Crippen LogP contribution >= 0.6 is 0 Å². The van der Waals surface area contributed by atoms with Crippen LogP contribution in [0.4, 0.5) is 13.6 Å². The monoisotopic (exact) mass is 176 g/mol. The van der Waals surface area contributed by atoms with E-state index >= 15 is 0 Å². The maximum absolute atomic E-state index is 12.1. The van der Waals surface area contributed by atoms with Crippen molar-refractivity contribution in [1.82, 2.24) is 10.2 Å². The Bertz CT molecular complexity index is 250. The largest absolute Gasteiger partial charge is 0.464 e. The van der Waals surface area contributed by atoms with Crippen molar-refractivity contribution >= 4 is 6.09 Å². The fraction of sp³-hybridized carbons (Fsp3) is 0.167. The van der Waals surface area contributed by atoms with Gasteiger partial charge in [-0.3, -0.25) is 0 Å². The molecule has 0 aromatic heterocycles. The summed E-state index contributed by atoms with van der Waals surface area (Å²) in [6.45, 7) is 0. The highest BCUT2D eigenvalue weighted by molar-refractivity contribution is 5.69. The number of halogens is 2. The number of carboxylic acid groups (broad SMARTS) is 1. The van der Waals surface area contributed by atoms with Gasteiger partial charge in [-0.2, -0.15) is 0 Å². The number of allylic oxidation sites excluding steroid dienone is 1. The van der Waals surface area contributed by atoms with Crippen LogP contribution in [-0.2, 0) is 0 Å². The van der Waals surface area contributed by atoms with Crippen LogP contribution in [0.15, 0.2) is 24.3 Å². The second-order valence-electron chi connectivity index (χ2n) is 2.00. The minimum absolute atomic E-state index is 0.459. The highest BCUT2D eigenvalue weighted by atomic mass is 19.3. The molecule has 0 aromatic carbocycles. The molecule has 1 aliphatic heterocycles. The Morgan fingerprint density at radius 2 is 2.33 bits per heavy atom. The van der Waals surface area contributed by atoms with Crippen molar-refractivity contribution in [3.05, 3.63) is 24.3 Å². The van der Waals surface area contributed by atoms with E-state index in [4.69, 9.17) is 5.11 Å². The van der Waals surface area contributed by atoms with Gasteiger partial charge in [-0.1, -0.05) is 0 Å². The summed E-state index contributed by atoms with van der Waals surface area (Å²) in [6, 6.07) is 0. The van der Waals surface area contributed by atoms with Crippen molar-refractivity contribution in [2.24, 2.45) is 0 Å². The molecular formula is C6H6F2N2O2. The summed E-state index contributed by atoms with van der Waals surface area (Å²) in [6.07, 6.45) is -1.03. The molecule has 0 atom stereocenters. The van der Waals surface area contributed by atoms with Crippen molar-refractivity contribution in [3.8, 4) is 0 Å². The number of hydrogen-bond donors (Lipinski definition) is 2. The fourth-order valence-corrected chi connectivity index (χ4v) is 0.749. The molecule has 1 amide bonds. The van der Waals surface area contributed by atoms with E-state index < -0.39 is 18.2 Å². The fourth-order valence-electron chi connectivity index (χ4n) is 0.749. The third-order valence-corrected chi connectivity index (χ3v) is 1.26. The smallest absolute Gasteiger partial charge is 0.416 e.